The van der Waals surface area contributed by atoms with E-state index in [2.05, 4.69) is 14.7 Å². The number of hydrogen-bond acceptors (Lipinski definition) is 4. The summed E-state index contributed by atoms with van der Waals surface area (Å²) in [5.74, 6) is 1.24. The zero-order chi connectivity index (χ0) is 14.8. The molecule has 0 unspecified atom stereocenters. The van der Waals surface area contributed by atoms with Gasteiger partial charge in [-0.25, -0.2) is 18.1 Å². The lowest BCUT2D eigenvalue weighted by atomic mass is 10.1. The number of aryl methyl sites for hydroxylation is 2. The van der Waals surface area contributed by atoms with Crippen molar-refractivity contribution in [2.75, 3.05) is 7.11 Å². The highest BCUT2D eigenvalue weighted by atomic mass is 32.2. The number of H-pyrrole nitrogens is 1. The first-order chi connectivity index (χ1) is 9.44. The molecule has 0 saturated heterocycles. The van der Waals surface area contributed by atoms with Gasteiger partial charge in [-0.05, 0) is 37.1 Å². The third kappa shape index (κ3) is 3.00. The monoisotopic (exact) mass is 295 g/mol. The largest absolute Gasteiger partial charge is 0.496 e. The summed E-state index contributed by atoms with van der Waals surface area (Å²) in [6.45, 7) is 3.67. The van der Waals surface area contributed by atoms with Crippen molar-refractivity contribution < 1.29 is 13.2 Å². The molecule has 0 radical (unpaired) electrons. The number of aromatic nitrogens is 2. The van der Waals surface area contributed by atoms with Gasteiger partial charge in [0.15, 0.2) is 0 Å². The Morgan fingerprint density at radius 1 is 1.30 bits per heavy atom. The highest BCUT2D eigenvalue weighted by molar-refractivity contribution is 7.89. The molecule has 0 fully saturated rings. The summed E-state index contributed by atoms with van der Waals surface area (Å²) >= 11 is 0. The van der Waals surface area contributed by atoms with Crippen LogP contribution in [0.1, 0.15) is 17.0 Å². The Bertz CT molecular complexity index is 694. The number of methoxy groups -OCH3 is 1. The third-order valence-corrected chi connectivity index (χ3v) is 4.51. The Balaban J connectivity index is 2.27. The van der Waals surface area contributed by atoms with Gasteiger partial charge < -0.3 is 9.72 Å². The molecule has 0 saturated carbocycles. The van der Waals surface area contributed by atoms with Crippen molar-refractivity contribution in [3.05, 3.63) is 41.5 Å². The summed E-state index contributed by atoms with van der Waals surface area (Å²) in [4.78, 5) is 7.08. The van der Waals surface area contributed by atoms with Crippen molar-refractivity contribution >= 4 is 10.0 Å². The minimum atomic E-state index is -3.58. The van der Waals surface area contributed by atoms with E-state index in [1.54, 1.807) is 38.6 Å². The first-order valence-electron chi connectivity index (χ1n) is 6.07. The fourth-order valence-electron chi connectivity index (χ4n) is 1.91. The van der Waals surface area contributed by atoms with Gasteiger partial charge in [0, 0.05) is 12.4 Å². The maximum absolute atomic E-state index is 12.3. The molecule has 1 aromatic carbocycles. The lowest BCUT2D eigenvalue weighted by Crippen LogP contribution is -2.24. The van der Waals surface area contributed by atoms with Crippen molar-refractivity contribution in [3.63, 3.8) is 0 Å². The van der Waals surface area contributed by atoms with E-state index in [1.165, 1.54) is 0 Å². The topological polar surface area (TPSA) is 84.1 Å². The molecule has 0 spiro atoms. The van der Waals surface area contributed by atoms with Crippen LogP contribution < -0.4 is 9.46 Å². The van der Waals surface area contributed by atoms with Crippen LogP contribution in [-0.4, -0.2) is 25.5 Å². The van der Waals surface area contributed by atoms with Crippen LogP contribution in [0.5, 0.6) is 5.75 Å². The fraction of sp³-hybridized carbons (Fsp3) is 0.308. The van der Waals surface area contributed by atoms with Crippen molar-refractivity contribution in [2.45, 2.75) is 25.3 Å². The quantitative estimate of drug-likeness (QED) is 0.876. The number of ether oxygens (including phenoxy) is 1. The normalized spacial score (nSPS) is 11.6. The smallest absolute Gasteiger partial charge is 0.241 e. The average Bonchev–Trinajstić information content (AvgIpc) is 2.92. The summed E-state index contributed by atoms with van der Waals surface area (Å²) in [6.07, 6.45) is 3.22. The van der Waals surface area contributed by atoms with Gasteiger partial charge in [-0.2, -0.15) is 0 Å². The molecular formula is C13H17N3O3S. The second-order valence-corrected chi connectivity index (χ2v) is 6.18. The molecular weight excluding hydrogens is 278 g/mol. The molecule has 2 aromatic rings. The lowest BCUT2D eigenvalue weighted by Gasteiger charge is -2.12. The second kappa shape index (κ2) is 5.64. The lowest BCUT2D eigenvalue weighted by molar-refractivity contribution is 0.411. The number of rotatable bonds is 5. The number of hydrogen-bond donors (Lipinski definition) is 2. The molecule has 0 aliphatic heterocycles. The van der Waals surface area contributed by atoms with E-state index < -0.39 is 10.0 Å². The van der Waals surface area contributed by atoms with E-state index in [0.717, 1.165) is 5.56 Å². The Labute approximate surface area is 118 Å². The van der Waals surface area contributed by atoms with Crippen LogP contribution in [0.2, 0.25) is 0 Å². The molecule has 0 bridgehead atoms. The van der Waals surface area contributed by atoms with Gasteiger partial charge in [0.05, 0.1) is 18.6 Å². The van der Waals surface area contributed by atoms with Crippen molar-refractivity contribution in [2.24, 2.45) is 0 Å². The molecule has 1 aromatic heterocycles. The van der Waals surface area contributed by atoms with Gasteiger partial charge in [-0.1, -0.05) is 0 Å². The van der Waals surface area contributed by atoms with E-state index in [0.29, 0.717) is 17.1 Å². The molecule has 0 atom stereocenters. The van der Waals surface area contributed by atoms with Gasteiger partial charge in [0.2, 0.25) is 10.0 Å². The summed E-state index contributed by atoms with van der Waals surface area (Å²) in [5.41, 5.74) is 1.41. The van der Waals surface area contributed by atoms with Gasteiger partial charge in [-0.15, -0.1) is 0 Å². The summed E-state index contributed by atoms with van der Waals surface area (Å²) in [5, 5.41) is 0. The Hall–Kier alpha value is -1.86. The zero-order valence-electron chi connectivity index (χ0n) is 11.6. The minimum absolute atomic E-state index is 0.125. The maximum Gasteiger partial charge on any atom is 0.241 e. The van der Waals surface area contributed by atoms with Gasteiger partial charge in [0.25, 0.3) is 0 Å². The van der Waals surface area contributed by atoms with Crippen LogP contribution in [0, 0.1) is 13.8 Å². The van der Waals surface area contributed by atoms with Crippen LogP contribution in [-0.2, 0) is 16.6 Å². The molecule has 20 heavy (non-hydrogen) atoms. The number of nitrogens with one attached hydrogen (secondary N) is 2. The van der Waals surface area contributed by atoms with Gasteiger partial charge in [0.1, 0.15) is 11.6 Å². The number of benzene rings is 1. The summed E-state index contributed by atoms with van der Waals surface area (Å²) < 4.78 is 32.3. The number of imidazole rings is 1. The van der Waals surface area contributed by atoms with Crippen LogP contribution in [0.3, 0.4) is 0 Å². The third-order valence-electron chi connectivity index (χ3n) is 2.97. The van der Waals surface area contributed by atoms with Gasteiger partial charge in [-0.3, -0.25) is 0 Å². The Morgan fingerprint density at radius 2 is 2.05 bits per heavy atom. The number of aromatic amines is 1. The average molecular weight is 295 g/mol. The highest BCUT2D eigenvalue weighted by Crippen LogP contribution is 2.25. The SMILES string of the molecule is COc1cc(C)c(S(=O)(=O)NCc2ncc[nH]2)cc1C. The van der Waals surface area contributed by atoms with Crippen molar-refractivity contribution in [1.82, 2.24) is 14.7 Å². The molecule has 2 rings (SSSR count). The highest BCUT2D eigenvalue weighted by Gasteiger charge is 2.18. The molecule has 2 N–H and O–H groups in total. The Morgan fingerprint density at radius 3 is 2.65 bits per heavy atom. The molecule has 0 amide bonds. The molecule has 7 heteroatoms. The number of nitrogens with zero attached hydrogens (tertiary/aromatic N) is 1. The van der Waals surface area contributed by atoms with Crippen molar-refractivity contribution in [1.29, 1.82) is 0 Å². The van der Waals surface area contributed by atoms with E-state index >= 15 is 0 Å². The summed E-state index contributed by atoms with van der Waals surface area (Å²) in [7, 11) is -2.02. The first kappa shape index (κ1) is 14.5. The maximum atomic E-state index is 12.3. The van der Waals surface area contributed by atoms with E-state index in [9.17, 15) is 8.42 Å². The predicted molar refractivity (Wildman–Crippen MR) is 75.1 cm³/mol. The van der Waals surface area contributed by atoms with Crippen LogP contribution in [0.25, 0.3) is 0 Å². The standard InChI is InChI=1S/C13H17N3O3S/c1-9-7-12(10(2)6-11(9)19-3)20(17,18)16-8-13-14-4-5-15-13/h4-7,16H,8H2,1-3H3,(H,14,15). The summed E-state index contributed by atoms with van der Waals surface area (Å²) in [6, 6.07) is 3.33. The molecule has 6 nitrogen and oxygen atoms in total. The molecule has 108 valence electrons. The molecule has 1 heterocycles. The van der Waals surface area contributed by atoms with Crippen LogP contribution in [0.4, 0.5) is 0 Å². The first-order valence-corrected chi connectivity index (χ1v) is 7.55. The van der Waals surface area contributed by atoms with Gasteiger partial charge >= 0.3 is 0 Å². The minimum Gasteiger partial charge on any atom is -0.496 e. The van der Waals surface area contributed by atoms with Crippen LogP contribution >= 0.6 is 0 Å². The van der Waals surface area contributed by atoms with E-state index in [4.69, 9.17) is 4.74 Å². The molecule has 0 aliphatic rings. The zero-order valence-corrected chi connectivity index (χ0v) is 12.4. The second-order valence-electron chi connectivity index (χ2n) is 4.45. The van der Waals surface area contributed by atoms with E-state index in [-0.39, 0.29) is 11.4 Å². The number of sulfonamides is 1. The van der Waals surface area contributed by atoms with Crippen molar-refractivity contribution in [3.8, 4) is 5.75 Å². The van der Waals surface area contributed by atoms with Crippen LogP contribution in [0.15, 0.2) is 29.4 Å². The van der Waals surface area contributed by atoms with E-state index in [1.807, 2.05) is 6.92 Å². The Kier molecular flexibility index (Phi) is 4.10. The predicted octanol–water partition coefficient (Wildman–Crippen LogP) is 1.51. The fourth-order valence-corrected chi connectivity index (χ4v) is 3.21. The molecule has 0 aliphatic carbocycles.